The van der Waals surface area contributed by atoms with Crippen molar-refractivity contribution in [1.29, 1.82) is 0 Å². The minimum atomic E-state index is 0.588. The summed E-state index contributed by atoms with van der Waals surface area (Å²) >= 11 is 5.79. The van der Waals surface area contributed by atoms with E-state index in [0.717, 1.165) is 6.42 Å². The third-order valence-electron chi connectivity index (χ3n) is 1.78. The summed E-state index contributed by atoms with van der Waals surface area (Å²) in [5.41, 5.74) is 2.49. The molecule has 0 aromatic carbocycles. The van der Waals surface area contributed by atoms with Crippen LogP contribution in [0.1, 0.15) is 25.0 Å². The molecular formula is C10H14ClN. The van der Waals surface area contributed by atoms with Crippen molar-refractivity contribution in [2.24, 2.45) is 5.92 Å². The Labute approximate surface area is 78.8 Å². The van der Waals surface area contributed by atoms with Gasteiger partial charge < -0.3 is 0 Å². The van der Waals surface area contributed by atoms with Gasteiger partial charge in [-0.15, -0.1) is 11.6 Å². The monoisotopic (exact) mass is 183 g/mol. The molecule has 0 bridgehead atoms. The molecular weight excluding hydrogens is 170 g/mol. The molecule has 0 spiro atoms. The van der Waals surface area contributed by atoms with Crippen LogP contribution in [0.3, 0.4) is 0 Å². The van der Waals surface area contributed by atoms with Gasteiger partial charge in [0.15, 0.2) is 0 Å². The van der Waals surface area contributed by atoms with E-state index in [1.807, 2.05) is 12.3 Å². The summed E-state index contributed by atoms with van der Waals surface area (Å²) in [6.45, 7) is 4.40. The van der Waals surface area contributed by atoms with E-state index in [2.05, 4.69) is 18.8 Å². The molecule has 0 amide bonds. The number of halogens is 1. The highest BCUT2D eigenvalue weighted by molar-refractivity contribution is 6.17. The minimum Gasteiger partial charge on any atom is -0.264 e. The normalized spacial score (nSPS) is 10.7. The predicted molar refractivity (Wildman–Crippen MR) is 52.3 cm³/mol. The molecule has 1 heterocycles. The van der Waals surface area contributed by atoms with Gasteiger partial charge in [0.25, 0.3) is 0 Å². The lowest BCUT2D eigenvalue weighted by Gasteiger charge is -2.07. The van der Waals surface area contributed by atoms with E-state index in [1.165, 1.54) is 11.1 Å². The van der Waals surface area contributed by atoms with Crippen molar-refractivity contribution < 1.29 is 0 Å². The van der Waals surface area contributed by atoms with Gasteiger partial charge in [0.05, 0.1) is 0 Å². The largest absolute Gasteiger partial charge is 0.264 e. The predicted octanol–water partition coefficient (Wildman–Crippen LogP) is 3.02. The van der Waals surface area contributed by atoms with Gasteiger partial charge in [-0.1, -0.05) is 13.8 Å². The second-order valence-corrected chi connectivity index (χ2v) is 3.64. The minimum absolute atomic E-state index is 0.588. The van der Waals surface area contributed by atoms with Gasteiger partial charge in [0.2, 0.25) is 0 Å². The third kappa shape index (κ3) is 2.49. The molecule has 0 saturated carbocycles. The van der Waals surface area contributed by atoms with Crippen molar-refractivity contribution in [2.75, 3.05) is 0 Å². The van der Waals surface area contributed by atoms with Crippen LogP contribution < -0.4 is 0 Å². The Balaban J connectivity index is 2.82. The van der Waals surface area contributed by atoms with Crippen LogP contribution >= 0.6 is 11.6 Å². The summed E-state index contributed by atoms with van der Waals surface area (Å²) < 4.78 is 0. The van der Waals surface area contributed by atoms with Crippen molar-refractivity contribution in [3.05, 3.63) is 29.6 Å². The number of aromatic nitrogens is 1. The zero-order valence-corrected chi connectivity index (χ0v) is 8.30. The van der Waals surface area contributed by atoms with Gasteiger partial charge in [0, 0.05) is 18.3 Å². The maximum atomic E-state index is 5.79. The molecule has 0 aliphatic heterocycles. The zero-order valence-electron chi connectivity index (χ0n) is 7.55. The Morgan fingerprint density at radius 2 is 2.17 bits per heavy atom. The molecule has 1 aromatic rings. The molecule has 66 valence electrons. The first kappa shape index (κ1) is 9.53. The van der Waals surface area contributed by atoms with Crippen molar-refractivity contribution in [2.45, 2.75) is 26.1 Å². The molecule has 0 unspecified atom stereocenters. The van der Waals surface area contributed by atoms with Crippen LogP contribution in [0.2, 0.25) is 0 Å². The molecule has 0 N–H and O–H groups in total. The van der Waals surface area contributed by atoms with Crippen LogP contribution in [0.5, 0.6) is 0 Å². The summed E-state index contributed by atoms with van der Waals surface area (Å²) in [4.78, 5) is 4.09. The van der Waals surface area contributed by atoms with Crippen molar-refractivity contribution in [3.63, 3.8) is 0 Å². The van der Waals surface area contributed by atoms with Crippen LogP contribution in [-0.4, -0.2) is 4.98 Å². The van der Waals surface area contributed by atoms with Crippen LogP contribution in [0, 0.1) is 5.92 Å². The van der Waals surface area contributed by atoms with E-state index in [-0.39, 0.29) is 0 Å². The molecule has 0 aliphatic rings. The molecule has 0 atom stereocenters. The molecule has 1 rings (SSSR count). The van der Waals surface area contributed by atoms with Crippen molar-refractivity contribution in [3.8, 4) is 0 Å². The molecule has 0 radical (unpaired) electrons. The Morgan fingerprint density at radius 1 is 1.42 bits per heavy atom. The quantitative estimate of drug-likeness (QED) is 0.657. The SMILES string of the molecule is CC(C)Cc1cnccc1CCl. The van der Waals surface area contributed by atoms with Crippen LogP contribution in [0.25, 0.3) is 0 Å². The summed E-state index contributed by atoms with van der Waals surface area (Å²) in [7, 11) is 0. The molecule has 1 aromatic heterocycles. The standard InChI is InChI=1S/C10H14ClN/c1-8(2)5-10-7-12-4-3-9(10)6-11/h3-4,7-8H,5-6H2,1-2H3. The molecule has 2 heteroatoms. The molecule has 0 aliphatic carbocycles. The van der Waals surface area contributed by atoms with Crippen molar-refractivity contribution >= 4 is 11.6 Å². The van der Waals surface area contributed by atoms with Gasteiger partial charge >= 0.3 is 0 Å². The maximum absolute atomic E-state index is 5.79. The second kappa shape index (κ2) is 4.46. The number of hydrogen-bond acceptors (Lipinski definition) is 1. The smallest absolute Gasteiger partial charge is 0.0477 e. The third-order valence-corrected chi connectivity index (χ3v) is 2.06. The van der Waals surface area contributed by atoms with E-state index in [9.17, 15) is 0 Å². The van der Waals surface area contributed by atoms with Gasteiger partial charge in [-0.3, -0.25) is 4.98 Å². The van der Waals surface area contributed by atoms with Crippen molar-refractivity contribution in [1.82, 2.24) is 4.98 Å². The topological polar surface area (TPSA) is 12.9 Å². The lowest BCUT2D eigenvalue weighted by atomic mass is 10.0. The maximum Gasteiger partial charge on any atom is 0.0477 e. The lowest BCUT2D eigenvalue weighted by molar-refractivity contribution is 0.643. The van der Waals surface area contributed by atoms with E-state index in [4.69, 9.17) is 11.6 Å². The average molecular weight is 184 g/mol. The molecule has 12 heavy (non-hydrogen) atoms. The average Bonchev–Trinajstić information content (AvgIpc) is 2.04. The molecule has 0 fully saturated rings. The van der Waals surface area contributed by atoms with E-state index >= 15 is 0 Å². The number of pyridine rings is 1. The van der Waals surface area contributed by atoms with Crippen LogP contribution in [0.4, 0.5) is 0 Å². The highest BCUT2D eigenvalue weighted by atomic mass is 35.5. The molecule has 0 saturated heterocycles. The number of hydrogen-bond donors (Lipinski definition) is 0. The Kier molecular flexibility index (Phi) is 3.54. The number of alkyl halides is 1. The highest BCUT2D eigenvalue weighted by Crippen LogP contribution is 2.14. The Hall–Kier alpha value is -0.560. The van der Waals surface area contributed by atoms with E-state index in [1.54, 1.807) is 6.20 Å². The zero-order chi connectivity index (χ0) is 8.97. The number of nitrogens with zero attached hydrogens (tertiary/aromatic N) is 1. The summed E-state index contributed by atoms with van der Waals surface area (Å²) in [5.74, 6) is 1.25. The summed E-state index contributed by atoms with van der Waals surface area (Å²) in [6, 6.07) is 1.99. The van der Waals surface area contributed by atoms with Gasteiger partial charge in [-0.05, 0) is 29.5 Å². The fraction of sp³-hybridized carbons (Fsp3) is 0.500. The summed E-state index contributed by atoms with van der Waals surface area (Å²) in [6.07, 6.45) is 4.77. The van der Waals surface area contributed by atoms with E-state index in [0.29, 0.717) is 11.8 Å². The second-order valence-electron chi connectivity index (χ2n) is 3.38. The highest BCUT2D eigenvalue weighted by Gasteiger charge is 2.02. The fourth-order valence-electron chi connectivity index (χ4n) is 1.21. The van der Waals surface area contributed by atoms with Gasteiger partial charge in [0.1, 0.15) is 0 Å². The first-order valence-corrected chi connectivity index (χ1v) is 4.75. The fourth-order valence-corrected chi connectivity index (χ4v) is 1.47. The first-order valence-electron chi connectivity index (χ1n) is 4.21. The molecule has 1 nitrogen and oxygen atoms in total. The Bertz CT molecular complexity index is 245. The van der Waals surface area contributed by atoms with Gasteiger partial charge in [-0.25, -0.2) is 0 Å². The number of rotatable bonds is 3. The van der Waals surface area contributed by atoms with Crippen LogP contribution in [-0.2, 0) is 12.3 Å². The summed E-state index contributed by atoms with van der Waals surface area (Å²) in [5, 5.41) is 0. The van der Waals surface area contributed by atoms with E-state index < -0.39 is 0 Å². The Morgan fingerprint density at radius 3 is 2.75 bits per heavy atom. The first-order chi connectivity index (χ1) is 5.74. The lowest BCUT2D eigenvalue weighted by Crippen LogP contribution is -1.98. The van der Waals surface area contributed by atoms with Crippen LogP contribution in [0.15, 0.2) is 18.5 Å². The van der Waals surface area contributed by atoms with Gasteiger partial charge in [-0.2, -0.15) is 0 Å².